The van der Waals surface area contributed by atoms with E-state index in [2.05, 4.69) is 4.72 Å². The molecule has 104 valence electrons. The molecular formula is C11H14N2O5S. The third kappa shape index (κ3) is 5.49. The fraction of sp³-hybridized carbons (Fsp3) is 0.273. The Morgan fingerprint density at radius 3 is 2.58 bits per heavy atom. The van der Waals surface area contributed by atoms with Crippen LogP contribution in [0.3, 0.4) is 0 Å². The van der Waals surface area contributed by atoms with E-state index in [9.17, 15) is 18.0 Å². The molecule has 1 aromatic carbocycles. The maximum atomic E-state index is 11.7. The molecule has 7 nitrogen and oxygen atoms in total. The zero-order valence-electron chi connectivity index (χ0n) is 10.00. The van der Waals surface area contributed by atoms with E-state index < -0.39 is 21.9 Å². The summed E-state index contributed by atoms with van der Waals surface area (Å²) in [7, 11) is -3.62. The normalized spacial score (nSPS) is 11.2. The number of carbonyl (C=O) groups excluding carboxylic acids is 1. The van der Waals surface area contributed by atoms with Crippen LogP contribution in [0.5, 0.6) is 0 Å². The highest BCUT2D eigenvalue weighted by molar-refractivity contribution is 7.88. The molecule has 0 atom stereocenters. The first-order valence-corrected chi connectivity index (χ1v) is 7.03. The number of nitrogens with one attached hydrogen (secondary N) is 1. The minimum Gasteiger partial charge on any atom is -0.478 e. The van der Waals surface area contributed by atoms with Crippen molar-refractivity contribution >= 4 is 21.9 Å². The van der Waals surface area contributed by atoms with E-state index in [0.29, 0.717) is 5.56 Å². The fourth-order valence-electron chi connectivity index (χ4n) is 1.39. The lowest BCUT2D eigenvalue weighted by atomic mass is 10.1. The highest BCUT2D eigenvalue weighted by Gasteiger charge is 2.13. The zero-order valence-corrected chi connectivity index (χ0v) is 10.8. The lowest BCUT2D eigenvalue weighted by Gasteiger charge is -2.06. The number of amides is 1. The van der Waals surface area contributed by atoms with E-state index >= 15 is 0 Å². The van der Waals surface area contributed by atoms with E-state index in [1.54, 1.807) is 0 Å². The molecule has 8 heteroatoms. The molecule has 0 aromatic heterocycles. The molecule has 1 aromatic rings. The lowest BCUT2D eigenvalue weighted by molar-refractivity contribution is -0.117. The van der Waals surface area contributed by atoms with Gasteiger partial charge in [-0.15, -0.1) is 0 Å². The Hall–Kier alpha value is -1.93. The predicted octanol–water partition coefficient (Wildman–Crippen LogP) is -0.320. The number of carboxylic acids is 1. The quantitative estimate of drug-likeness (QED) is 0.633. The van der Waals surface area contributed by atoms with E-state index in [1.807, 2.05) is 0 Å². The molecule has 0 saturated carbocycles. The molecule has 0 aliphatic heterocycles. The first kappa shape index (κ1) is 15.1. The van der Waals surface area contributed by atoms with E-state index in [1.165, 1.54) is 24.3 Å². The first-order chi connectivity index (χ1) is 8.80. The summed E-state index contributed by atoms with van der Waals surface area (Å²) < 4.78 is 25.5. The Morgan fingerprint density at radius 1 is 1.32 bits per heavy atom. The molecule has 1 rings (SSSR count). The molecule has 0 saturated heterocycles. The van der Waals surface area contributed by atoms with Crippen molar-refractivity contribution in [3.05, 3.63) is 35.4 Å². The lowest BCUT2D eigenvalue weighted by Crippen LogP contribution is -2.29. The number of rotatable bonds is 7. The van der Waals surface area contributed by atoms with Crippen molar-refractivity contribution in [2.45, 2.75) is 12.2 Å². The molecule has 4 N–H and O–H groups in total. The van der Waals surface area contributed by atoms with E-state index in [0.717, 1.165) is 0 Å². The minimum atomic E-state index is -3.62. The van der Waals surface area contributed by atoms with Gasteiger partial charge in [-0.1, -0.05) is 12.1 Å². The molecule has 1 amide bonds. The second kappa shape index (κ2) is 6.30. The second-order valence-electron chi connectivity index (χ2n) is 3.88. The van der Waals surface area contributed by atoms with Crippen LogP contribution in [0.15, 0.2) is 24.3 Å². The van der Waals surface area contributed by atoms with Crippen LogP contribution in [0.25, 0.3) is 0 Å². The van der Waals surface area contributed by atoms with Gasteiger partial charge in [-0.25, -0.2) is 17.9 Å². The number of primary amides is 1. The van der Waals surface area contributed by atoms with Gasteiger partial charge < -0.3 is 10.8 Å². The number of hydrogen-bond donors (Lipinski definition) is 3. The van der Waals surface area contributed by atoms with Crippen molar-refractivity contribution in [1.29, 1.82) is 0 Å². The standard InChI is InChI=1S/C11H14N2O5S/c12-10(14)4-5-13-19(17,18)7-8-2-1-3-9(6-8)11(15)16/h1-3,6,13H,4-5,7H2,(H2,12,14)(H,15,16). The van der Waals surface area contributed by atoms with Crippen molar-refractivity contribution in [3.8, 4) is 0 Å². The molecule has 0 radical (unpaired) electrons. The molecule has 0 aliphatic rings. The number of aromatic carboxylic acids is 1. The summed E-state index contributed by atoms with van der Waals surface area (Å²) in [5.74, 6) is -2.08. The predicted molar refractivity (Wildman–Crippen MR) is 67.8 cm³/mol. The van der Waals surface area contributed by atoms with Crippen LogP contribution in [0.1, 0.15) is 22.3 Å². The molecule has 0 aliphatic carbocycles. The first-order valence-electron chi connectivity index (χ1n) is 5.38. The molecule has 0 spiro atoms. The van der Waals surface area contributed by atoms with Gasteiger partial charge in [-0.3, -0.25) is 4.79 Å². The Bertz CT molecular complexity index is 583. The van der Waals surface area contributed by atoms with Gasteiger partial charge >= 0.3 is 5.97 Å². The highest BCUT2D eigenvalue weighted by atomic mass is 32.2. The summed E-state index contributed by atoms with van der Waals surface area (Å²) in [6.45, 7) is -0.0731. The number of hydrogen-bond acceptors (Lipinski definition) is 4. The van der Waals surface area contributed by atoms with Gasteiger partial charge in [-0.2, -0.15) is 0 Å². The molecule has 0 fully saturated rings. The summed E-state index contributed by atoms with van der Waals surface area (Å²) in [5.41, 5.74) is 5.26. The van der Waals surface area contributed by atoms with Crippen LogP contribution in [0, 0.1) is 0 Å². The largest absolute Gasteiger partial charge is 0.478 e. The Morgan fingerprint density at radius 2 is 2.00 bits per heavy atom. The Kier molecular flexibility index (Phi) is 5.02. The SMILES string of the molecule is NC(=O)CCNS(=O)(=O)Cc1cccc(C(=O)O)c1. The van der Waals surface area contributed by atoms with E-state index in [-0.39, 0.29) is 24.3 Å². The van der Waals surface area contributed by atoms with Crippen molar-refractivity contribution in [3.63, 3.8) is 0 Å². The number of benzene rings is 1. The fourth-order valence-corrected chi connectivity index (χ4v) is 2.53. The van der Waals surface area contributed by atoms with Crippen LogP contribution in [-0.2, 0) is 20.6 Å². The monoisotopic (exact) mass is 286 g/mol. The summed E-state index contributed by atoms with van der Waals surface area (Å²) in [6.07, 6.45) is -0.0889. The average Bonchev–Trinajstić information content (AvgIpc) is 2.27. The zero-order chi connectivity index (χ0) is 14.5. The van der Waals surface area contributed by atoms with Crippen molar-refractivity contribution < 1.29 is 23.1 Å². The molecule has 0 bridgehead atoms. The second-order valence-corrected chi connectivity index (χ2v) is 5.68. The third-order valence-electron chi connectivity index (χ3n) is 2.22. The van der Waals surface area contributed by atoms with Gasteiger partial charge in [0.15, 0.2) is 0 Å². The Labute approximate surface area is 110 Å². The number of carboxylic acid groups (broad SMARTS) is 1. The third-order valence-corrected chi connectivity index (χ3v) is 3.58. The average molecular weight is 286 g/mol. The van der Waals surface area contributed by atoms with Gasteiger partial charge in [0, 0.05) is 13.0 Å². The number of nitrogens with two attached hydrogens (primary N) is 1. The van der Waals surface area contributed by atoms with Gasteiger partial charge in [0.2, 0.25) is 15.9 Å². The van der Waals surface area contributed by atoms with Crippen LogP contribution in [-0.4, -0.2) is 31.9 Å². The molecule has 19 heavy (non-hydrogen) atoms. The molecule has 0 unspecified atom stereocenters. The van der Waals surface area contributed by atoms with Crippen LogP contribution in [0.2, 0.25) is 0 Å². The summed E-state index contributed by atoms with van der Waals surface area (Å²) >= 11 is 0. The maximum Gasteiger partial charge on any atom is 0.335 e. The highest BCUT2D eigenvalue weighted by Crippen LogP contribution is 2.08. The summed E-state index contributed by atoms with van der Waals surface area (Å²) in [6, 6.07) is 5.64. The Balaban J connectivity index is 2.70. The minimum absolute atomic E-state index is 0.0184. The summed E-state index contributed by atoms with van der Waals surface area (Å²) in [5, 5.41) is 8.79. The van der Waals surface area contributed by atoms with Gasteiger partial charge in [0.05, 0.1) is 11.3 Å². The van der Waals surface area contributed by atoms with Crippen LogP contribution in [0.4, 0.5) is 0 Å². The van der Waals surface area contributed by atoms with Crippen molar-refractivity contribution in [1.82, 2.24) is 4.72 Å². The van der Waals surface area contributed by atoms with Crippen LogP contribution < -0.4 is 10.5 Å². The molecule has 0 heterocycles. The molecular weight excluding hydrogens is 272 g/mol. The van der Waals surface area contributed by atoms with Gasteiger partial charge in [-0.05, 0) is 17.7 Å². The number of carbonyl (C=O) groups is 2. The summed E-state index contributed by atoms with van der Waals surface area (Å²) in [4.78, 5) is 21.2. The van der Waals surface area contributed by atoms with Gasteiger partial charge in [0.25, 0.3) is 0 Å². The number of sulfonamides is 1. The van der Waals surface area contributed by atoms with Crippen LogP contribution >= 0.6 is 0 Å². The van der Waals surface area contributed by atoms with Crippen molar-refractivity contribution in [2.75, 3.05) is 6.54 Å². The van der Waals surface area contributed by atoms with Gasteiger partial charge in [0.1, 0.15) is 0 Å². The smallest absolute Gasteiger partial charge is 0.335 e. The topological polar surface area (TPSA) is 127 Å². The van der Waals surface area contributed by atoms with Crippen molar-refractivity contribution in [2.24, 2.45) is 5.73 Å². The van der Waals surface area contributed by atoms with E-state index in [4.69, 9.17) is 10.8 Å². The maximum absolute atomic E-state index is 11.7.